The summed E-state index contributed by atoms with van der Waals surface area (Å²) in [7, 11) is 0. The van der Waals surface area contributed by atoms with Crippen molar-refractivity contribution in [2.45, 2.75) is 0 Å². The lowest BCUT2D eigenvalue weighted by atomic mass is 10.1. The molecule has 0 aliphatic heterocycles. The van der Waals surface area contributed by atoms with Crippen molar-refractivity contribution in [3.8, 4) is 11.3 Å². The number of nitrogens with zero attached hydrogens (tertiary/aromatic N) is 2. The lowest BCUT2D eigenvalue weighted by Gasteiger charge is -2.05. The van der Waals surface area contributed by atoms with E-state index in [1.54, 1.807) is 12.3 Å². The molecule has 4 aromatic rings. The maximum atomic E-state index is 11.7. The summed E-state index contributed by atoms with van der Waals surface area (Å²) in [5, 5.41) is 0.901. The van der Waals surface area contributed by atoms with Gasteiger partial charge in [0, 0.05) is 23.2 Å². The summed E-state index contributed by atoms with van der Waals surface area (Å²) in [6.45, 7) is 0. The second kappa shape index (κ2) is 4.06. The quantitative estimate of drug-likeness (QED) is 0.495. The Labute approximate surface area is 113 Å². The molecule has 0 saturated heterocycles. The van der Waals surface area contributed by atoms with Crippen LogP contribution in [0.1, 0.15) is 0 Å². The number of rotatable bonds is 1. The minimum absolute atomic E-state index is 0.357. The first-order chi connectivity index (χ1) is 9.83. The smallest absolute Gasteiger partial charge is 0.336 e. The molecule has 0 radical (unpaired) electrons. The monoisotopic (exact) mass is 262 g/mol. The number of fused-ring (bicyclic) bond motifs is 2. The summed E-state index contributed by atoms with van der Waals surface area (Å²) in [5.74, 6) is 0. The summed E-state index contributed by atoms with van der Waals surface area (Å²) < 4.78 is 7.19. The number of hydrogen-bond acceptors (Lipinski definition) is 3. The van der Waals surface area contributed by atoms with Crippen molar-refractivity contribution in [2.75, 3.05) is 0 Å². The van der Waals surface area contributed by atoms with Gasteiger partial charge in [-0.25, -0.2) is 9.78 Å². The van der Waals surface area contributed by atoms with Crippen LogP contribution < -0.4 is 5.63 Å². The van der Waals surface area contributed by atoms with Gasteiger partial charge in [0.15, 0.2) is 0 Å². The molecule has 0 aliphatic carbocycles. The molecule has 0 saturated carbocycles. The van der Waals surface area contributed by atoms with E-state index < -0.39 is 0 Å². The fourth-order valence-electron chi connectivity index (χ4n) is 2.46. The Morgan fingerprint density at radius 1 is 1.05 bits per heavy atom. The first-order valence-corrected chi connectivity index (χ1v) is 6.28. The Bertz CT molecular complexity index is 982. The Balaban J connectivity index is 2.15. The molecule has 0 amide bonds. The molecule has 20 heavy (non-hydrogen) atoms. The predicted octanol–water partition coefficient (Wildman–Crippen LogP) is 3.11. The third-order valence-electron chi connectivity index (χ3n) is 3.34. The van der Waals surface area contributed by atoms with Crippen molar-refractivity contribution in [3.05, 3.63) is 71.3 Å². The number of aromatic nitrogens is 2. The maximum Gasteiger partial charge on any atom is 0.336 e. The normalized spacial score (nSPS) is 11.2. The second-order valence-electron chi connectivity index (χ2n) is 4.55. The summed E-state index contributed by atoms with van der Waals surface area (Å²) in [6, 6.07) is 14.8. The van der Waals surface area contributed by atoms with Crippen molar-refractivity contribution in [3.63, 3.8) is 0 Å². The molecule has 0 unspecified atom stereocenters. The fourth-order valence-corrected chi connectivity index (χ4v) is 2.46. The molecule has 0 fully saturated rings. The van der Waals surface area contributed by atoms with E-state index in [0.29, 0.717) is 5.58 Å². The molecule has 3 heterocycles. The standard InChI is InChI=1S/C16H10N2O2/c19-16-9-12(11-5-1-2-6-14(11)20-16)13-10-17-15-7-3-4-8-18(13)15/h1-10H. The number of hydrogen-bond donors (Lipinski definition) is 0. The molecule has 4 nitrogen and oxygen atoms in total. The molecule has 96 valence electrons. The minimum atomic E-state index is -0.357. The zero-order chi connectivity index (χ0) is 13.5. The van der Waals surface area contributed by atoms with E-state index in [9.17, 15) is 4.79 Å². The Hall–Kier alpha value is -2.88. The zero-order valence-corrected chi connectivity index (χ0v) is 10.5. The first-order valence-electron chi connectivity index (χ1n) is 6.28. The summed E-state index contributed by atoms with van der Waals surface area (Å²) in [4.78, 5) is 16.1. The van der Waals surface area contributed by atoms with E-state index in [-0.39, 0.29) is 5.63 Å². The highest BCUT2D eigenvalue weighted by atomic mass is 16.4. The van der Waals surface area contributed by atoms with E-state index in [2.05, 4.69) is 4.98 Å². The molecule has 3 aromatic heterocycles. The predicted molar refractivity (Wildman–Crippen MR) is 76.7 cm³/mol. The van der Waals surface area contributed by atoms with Gasteiger partial charge in [0.2, 0.25) is 0 Å². The average molecular weight is 262 g/mol. The Morgan fingerprint density at radius 3 is 2.85 bits per heavy atom. The van der Waals surface area contributed by atoms with Crippen molar-refractivity contribution in [2.24, 2.45) is 0 Å². The van der Waals surface area contributed by atoms with Gasteiger partial charge in [-0.3, -0.25) is 4.40 Å². The SMILES string of the molecule is O=c1cc(-c2cnc3ccccn23)c2ccccc2o1. The molecular formula is C16H10N2O2. The first kappa shape index (κ1) is 11.0. The Morgan fingerprint density at radius 2 is 1.90 bits per heavy atom. The van der Waals surface area contributed by atoms with Crippen molar-refractivity contribution in [1.29, 1.82) is 0 Å². The highest BCUT2D eigenvalue weighted by Gasteiger charge is 2.11. The third kappa shape index (κ3) is 1.55. The van der Waals surface area contributed by atoms with E-state index in [4.69, 9.17) is 4.42 Å². The topological polar surface area (TPSA) is 47.5 Å². The fraction of sp³-hybridized carbons (Fsp3) is 0. The van der Waals surface area contributed by atoms with E-state index in [1.165, 1.54) is 6.07 Å². The van der Waals surface area contributed by atoms with Gasteiger partial charge in [0.25, 0.3) is 0 Å². The maximum absolute atomic E-state index is 11.7. The van der Waals surface area contributed by atoms with Gasteiger partial charge >= 0.3 is 5.63 Å². The molecule has 4 heteroatoms. The number of benzene rings is 1. The third-order valence-corrected chi connectivity index (χ3v) is 3.34. The van der Waals surface area contributed by atoms with Gasteiger partial charge in [-0.1, -0.05) is 24.3 Å². The van der Waals surface area contributed by atoms with Gasteiger partial charge in [0.1, 0.15) is 11.2 Å². The van der Waals surface area contributed by atoms with Gasteiger partial charge in [-0.15, -0.1) is 0 Å². The van der Waals surface area contributed by atoms with Gasteiger partial charge in [-0.05, 0) is 18.2 Å². The molecule has 1 aromatic carbocycles. The molecule has 0 spiro atoms. The molecule has 0 atom stereocenters. The minimum Gasteiger partial charge on any atom is -0.423 e. The number of pyridine rings is 1. The van der Waals surface area contributed by atoms with Gasteiger partial charge in [0.05, 0.1) is 11.9 Å². The van der Waals surface area contributed by atoms with Crippen LogP contribution >= 0.6 is 0 Å². The summed E-state index contributed by atoms with van der Waals surface area (Å²) >= 11 is 0. The zero-order valence-electron chi connectivity index (χ0n) is 10.5. The molecule has 0 bridgehead atoms. The van der Waals surface area contributed by atoms with Crippen LogP contribution in [0, 0.1) is 0 Å². The molecule has 0 N–H and O–H groups in total. The highest BCUT2D eigenvalue weighted by Crippen LogP contribution is 2.27. The van der Waals surface area contributed by atoms with Crippen LogP contribution in [0.5, 0.6) is 0 Å². The van der Waals surface area contributed by atoms with Crippen LogP contribution in [0.4, 0.5) is 0 Å². The number of para-hydroxylation sites is 1. The van der Waals surface area contributed by atoms with Crippen molar-refractivity contribution >= 4 is 16.6 Å². The van der Waals surface area contributed by atoms with Crippen LogP contribution in [0.15, 0.2) is 70.1 Å². The van der Waals surface area contributed by atoms with Crippen LogP contribution in [-0.2, 0) is 0 Å². The van der Waals surface area contributed by atoms with Crippen molar-refractivity contribution in [1.82, 2.24) is 9.38 Å². The second-order valence-corrected chi connectivity index (χ2v) is 4.55. The largest absolute Gasteiger partial charge is 0.423 e. The van der Waals surface area contributed by atoms with Crippen LogP contribution in [0.2, 0.25) is 0 Å². The molecule has 4 rings (SSSR count). The highest BCUT2D eigenvalue weighted by molar-refractivity contribution is 5.92. The van der Waals surface area contributed by atoms with E-state index in [1.807, 2.05) is 47.0 Å². The van der Waals surface area contributed by atoms with Gasteiger partial charge < -0.3 is 4.42 Å². The van der Waals surface area contributed by atoms with E-state index >= 15 is 0 Å². The summed E-state index contributed by atoms with van der Waals surface area (Å²) in [6.07, 6.45) is 3.71. The van der Waals surface area contributed by atoms with Crippen LogP contribution in [-0.4, -0.2) is 9.38 Å². The lowest BCUT2D eigenvalue weighted by molar-refractivity contribution is 0.561. The van der Waals surface area contributed by atoms with Crippen LogP contribution in [0.3, 0.4) is 0 Å². The average Bonchev–Trinajstić information content (AvgIpc) is 2.90. The van der Waals surface area contributed by atoms with Crippen LogP contribution in [0.25, 0.3) is 27.9 Å². The van der Waals surface area contributed by atoms with Crippen molar-refractivity contribution < 1.29 is 4.42 Å². The molecule has 0 aliphatic rings. The summed E-state index contributed by atoms with van der Waals surface area (Å²) in [5.41, 5.74) is 2.78. The Kier molecular flexibility index (Phi) is 2.23. The molecular weight excluding hydrogens is 252 g/mol. The van der Waals surface area contributed by atoms with Gasteiger partial charge in [-0.2, -0.15) is 0 Å². The number of imidazole rings is 1. The van der Waals surface area contributed by atoms with E-state index in [0.717, 1.165) is 22.3 Å². The lowest BCUT2D eigenvalue weighted by Crippen LogP contribution is -1.99.